The van der Waals surface area contributed by atoms with Gasteiger partial charge in [0.1, 0.15) is 10.7 Å². The molecule has 1 N–H and O–H groups in total. The lowest BCUT2D eigenvalue weighted by atomic mass is 10.0. The molecule has 2 unspecified atom stereocenters. The molecule has 5 nitrogen and oxygen atoms in total. The highest BCUT2D eigenvalue weighted by molar-refractivity contribution is 7.89. The van der Waals surface area contributed by atoms with Crippen LogP contribution in [0.15, 0.2) is 29.2 Å². The molecule has 1 aromatic rings. The second-order valence-corrected chi connectivity index (χ2v) is 7.33. The molecule has 2 atom stereocenters. The number of amides is 1. The highest BCUT2D eigenvalue weighted by atomic mass is 32.2. The van der Waals surface area contributed by atoms with E-state index in [4.69, 9.17) is 0 Å². The lowest BCUT2D eigenvalue weighted by molar-refractivity contribution is -0.135. The van der Waals surface area contributed by atoms with Crippen molar-refractivity contribution in [1.29, 1.82) is 0 Å². The molecule has 22 heavy (non-hydrogen) atoms. The molecule has 1 heterocycles. The van der Waals surface area contributed by atoms with Crippen LogP contribution in [0.4, 0.5) is 4.39 Å². The van der Waals surface area contributed by atoms with Crippen LogP contribution in [-0.2, 0) is 14.8 Å². The van der Waals surface area contributed by atoms with E-state index in [2.05, 4.69) is 4.72 Å². The van der Waals surface area contributed by atoms with Gasteiger partial charge in [0, 0.05) is 12.6 Å². The summed E-state index contributed by atoms with van der Waals surface area (Å²) in [6.07, 6.45) is 2.90. The highest BCUT2D eigenvalue weighted by Crippen LogP contribution is 2.18. The van der Waals surface area contributed by atoms with Gasteiger partial charge in [-0.2, -0.15) is 4.72 Å². The normalized spacial score (nSPS) is 20.7. The standard InChI is InChI=1S/C15H21FN2O3S/c1-11-7-5-6-10-18(11)15(19)12(2)17-22(20,21)14-9-4-3-8-13(14)16/h3-4,8-9,11-12,17H,5-7,10H2,1-2H3. The van der Waals surface area contributed by atoms with E-state index in [-0.39, 0.29) is 11.9 Å². The largest absolute Gasteiger partial charge is 0.339 e. The Hall–Kier alpha value is -1.47. The second-order valence-electron chi connectivity index (χ2n) is 5.65. The van der Waals surface area contributed by atoms with E-state index in [1.54, 1.807) is 4.90 Å². The summed E-state index contributed by atoms with van der Waals surface area (Å²) in [7, 11) is -4.06. The summed E-state index contributed by atoms with van der Waals surface area (Å²) in [4.78, 5) is 13.7. The van der Waals surface area contributed by atoms with Gasteiger partial charge in [-0.15, -0.1) is 0 Å². The number of halogens is 1. The molecule has 0 aromatic heterocycles. The number of benzene rings is 1. The number of carbonyl (C=O) groups is 1. The van der Waals surface area contributed by atoms with Gasteiger partial charge in [0.25, 0.3) is 0 Å². The first-order valence-corrected chi connectivity index (χ1v) is 8.88. The van der Waals surface area contributed by atoms with Crippen LogP contribution in [0.2, 0.25) is 0 Å². The zero-order valence-electron chi connectivity index (χ0n) is 12.8. The Balaban J connectivity index is 2.12. The van der Waals surface area contributed by atoms with Crippen LogP contribution in [-0.4, -0.2) is 37.9 Å². The Labute approximate surface area is 130 Å². The molecule has 0 aliphatic carbocycles. The van der Waals surface area contributed by atoms with Crippen LogP contribution in [0.3, 0.4) is 0 Å². The molecule has 1 amide bonds. The van der Waals surface area contributed by atoms with Crippen LogP contribution in [0, 0.1) is 5.82 Å². The molecule has 1 aromatic carbocycles. The third-order valence-electron chi connectivity index (χ3n) is 3.91. The molecule has 0 radical (unpaired) electrons. The van der Waals surface area contributed by atoms with E-state index in [9.17, 15) is 17.6 Å². The highest BCUT2D eigenvalue weighted by Gasteiger charge is 2.30. The summed E-state index contributed by atoms with van der Waals surface area (Å²) < 4.78 is 40.3. The summed E-state index contributed by atoms with van der Waals surface area (Å²) >= 11 is 0. The maximum atomic E-state index is 13.6. The Morgan fingerprint density at radius 3 is 2.68 bits per heavy atom. The minimum atomic E-state index is -4.06. The average molecular weight is 328 g/mol. The number of rotatable bonds is 4. The van der Waals surface area contributed by atoms with E-state index in [1.807, 2.05) is 6.92 Å². The number of sulfonamides is 1. The second kappa shape index (κ2) is 6.75. The molecule has 1 aliphatic heterocycles. The van der Waals surface area contributed by atoms with E-state index < -0.39 is 26.8 Å². The number of piperidine rings is 1. The molecule has 1 aliphatic rings. The zero-order valence-corrected chi connectivity index (χ0v) is 13.6. The Morgan fingerprint density at radius 1 is 1.36 bits per heavy atom. The average Bonchev–Trinajstić information content (AvgIpc) is 2.46. The van der Waals surface area contributed by atoms with Crippen LogP contribution in [0.1, 0.15) is 33.1 Å². The van der Waals surface area contributed by atoms with Gasteiger partial charge in [-0.1, -0.05) is 12.1 Å². The molecule has 0 spiro atoms. The SMILES string of the molecule is CC(NS(=O)(=O)c1ccccc1F)C(=O)N1CCCCC1C. The molecular weight excluding hydrogens is 307 g/mol. The molecular formula is C15H21FN2O3S. The summed E-state index contributed by atoms with van der Waals surface area (Å²) in [5, 5.41) is 0. The van der Waals surface area contributed by atoms with Gasteiger partial charge in [0.05, 0.1) is 6.04 Å². The molecule has 0 bridgehead atoms. The first-order valence-electron chi connectivity index (χ1n) is 7.40. The monoisotopic (exact) mass is 328 g/mol. The van der Waals surface area contributed by atoms with E-state index >= 15 is 0 Å². The van der Waals surface area contributed by atoms with E-state index in [0.29, 0.717) is 6.54 Å². The fourth-order valence-electron chi connectivity index (χ4n) is 2.68. The van der Waals surface area contributed by atoms with Gasteiger partial charge in [0.15, 0.2) is 0 Å². The lowest BCUT2D eigenvalue weighted by Gasteiger charge is -2.35. The first kappa shape index (κ1) is 16.9. The number of hydrogen-bond donors (Lipinski definition) is 1. The number of likely N-dealkylation sites (tertiary alicyclic amines) is 1. The molecule has 122 valence electrons. The number of hydrogen-bond acceptors (Lipinski definition) is 3. The quantitative estimate of drug-likeness (QED) is 0.918. The molecule has 7 heteroatoms. The van der Waals surface area contributed by atoms with Gasteiger partial charge in [-0.25, -0.2) is 12.8 Å². The zero-order chi connectivity index (χ0) is 16.3. The first-order chi connectivity index (χ1) is 10.3. The fraction of sp³-hybridized carbons (Fsp3) is 0.533. The third kappa shape index (κ3) is 3.64. The van der Waals surface area contributed by atoms with Crippen molar-refractivity contribution < 1.29 is 17.6 Å². The van der Waals surface area contributed by atoms with E-state index in [0.717, 1.165) is 25.3 Å². The minimum Gasteiger partial charge on any atom is -0.339 e. The van der Waals surface area contributed by atoms with Gasteiger partial charge >= 0.3 is 0 Å². The van der Waals surface area contributed by atoms with Gasteiger partial charge in [-0.3, -0.25) is 4.79 Å². The van der Waals surface area contributed by atoms with Gasteiger partial charge in [-0.05, 0) is 45.2 Å². The van der Waals surface area contributed by atoms with Gasteiger partial charge < -0.3 is 4.90 Å². The summed E-state index contributed by atoms with van der Waals surface area (Å²) in [6, 6.07) is 4.29. The Bertz CT molecular complexity index is 648. The van der Waals surface area contributed by atoms with Crippen LogP contribution >= 0.6 is 0 Å². The fourth-order valence-corrected chi connectivity index (χ4v) is 3.96. The van der Waals surface area contributed by atoms with Crippen molar-refractivity contribution >= 4 is 15.9 Å². The molecule has 2 rings (SSSR count). The molecule has 1 saturated heterocycles. The van der Waals surface area contributed by atoms with Crippen molar-refractivity contribution in [1.82, 2.24) is 9.62 Å². The number of nitrogens with one attached hydrogen (secondary N) is 1. The maximum Gasteiger partial charge on any atom is 0.244 e. The van der Waals surface area contributed by atoms with Crippen molar-refractivity contribution in [3.8, 4) is 0 Å². The molecule has 1 fully saturated rings. The topological polar surface area (TPSA) is 66.5 Å². The number of nitrogens with zero attached hydrogens (tertiary/aromatic N) is 1. The van der Waals surface area contributed by atoms with Crippen molar-refractivity contribution in [2.75, 3.05) is 6.54 Å². The Morgan fingerprint density at radius 2 is 2.05 bits per heavy atom. The predicted octanol–water partition coefficient (Wildman–Crippen LogP) is 1.89. The smallest absolute Gasteiger partial charge is 0.244 e. The van der Waals surface area contributed by atoms with Crippen molar-refractivity contribution in [2.24, 2.45) is 0 Å². The Kier molecular flexibility index (Phi) is 5.18. The number of carbonyl (C=O) groups excluding carboxylic acids is 1. The summed E-state index contributed by atoms with van der Waals surface area (Å²) in [5.74, 6) is -1.10. The summed E-state index contributed by atoms with van der Waals surface area (Å²) in [6.45, 7) is 4.07. The van der Waals surface area contributed by atoms with Crippen LogP contribution in [0.5, 0.6) is 0 Å². The van der Waals surface area contributed by atoms with Crippen molar-refractivity contribution in [3.05, 3.63) is 30.1 Å². The van der Waals surface area contributed by atoms with Crippen molar-refractivity contribution in [3.63, 3.8) is 0 Å². The minimum absolute atomic E-state index is 0.0988. The maximum absolute atomic E-state index is 13.6. The van der Waals surface area contributed by atoms with Crippen LogP contribution in [0.25, 0.3) is 0 Å². The molecule has 0 saturated carbocycles. The lowest BCUT2D eigenvalue weighted by Crippen LogP contribution is -2.51. The summed E-state index contributed by atoms with van der Waals surface area (Å²) in [5.41, 5.74) is 0. The van der Waals surface area contributed by atoms with Crippen LogP contribution < -0.4 is 4.72 Å². The van der Waals surface area contributed by atoms with E-state index in [1.165, 1.54) is 25.1 Å². The third-order valence-corrected chi connectivity index (χ3v) is 5.49. The van der Waals surface area contributed by atoms with Gasteiger partial charge in [0.2, 0.25) is 15.9 Å². The predicted molar refractivity (Wildman–Crippen MR) is 81.2 cm³/mol. The van der Waals surface area contributed by atoms with Crippen molar-refractivity contribution in [2.45, 2.75) is 50.1 Å².